The number of benzene rings is 1. The van der Waals surface area contributed by atoms with Gasteiger partial charge in [-0.15, -0.1) is 0 Å². The zero-order valence-corrected chi connectivity index (χ0v) is 15.8. The quantitative estimate of drug-likeness (QED) is 0.783. The first-order valence-corrected chi connectivity index (χ1v) is 10.7. The normalized spacial score (nSPS) is 22.1. The smallest absolute Gasteiger partial charge is 0.303 e. The van der Waals surface area contributed by atoms with Gasteiger partial charge in [-0.25, -0.2) is 17.1 Å². The van der Waals surface area contributed by atoms with Gasteiger partial charge in [-0.3, -0.25) is 4.79 Å². The van der Waals surface area contributed by atoms with Crippen LogP contribution in [0.15, 0.2) is 24.3 Å². The molecule has 5 nitrogen and oxygen atoms in total. The van der Waals surface area contributed by atoms with Gasteiger partial charge in [-0.1, -0.05) is 19.1 Å². The lowest BCUT2D eigenvalue weighted by atomic mass is 9.78. The highest BCUT2D eigenvalue weighted by Gasteiger charge is 2.55. The highest BCUT2D eigenvalue weighted by molar-refractivity contribution is 7.90. The van der Waals surface area contributed by atoms with Crippen molar-refractivity contribution in [2.45, 2.75) is 56.1 Å². The largest absolute Gasteiger partial charge is 0.481 e. The van der Waals surface area contributed by atoms with Crippen molar-refractivity contribution < 1.29 is 22.7 Å². The second kappa shape index (κ2) is 7.27. The van der Waals surface area contributed by atoms with Crippen molar-refractivity contribution in [3.8, 4) is 0 Å². The van der Waals surface area contributed by atoms with Crippen LogP contribution in [-0.4, -0.2) is 41.6 Å². The van der Waals surface area contributed by atoms with Gasteiger partial charge < -0.3 is 5.11 Å². The molecule has 0 radical (unpaired) electrons. The van der Waals surface area contributed by atoms with Gasteiger partial charge in [-0.05, 0) is 61.6 Å². The third kappa shape index (κ3) is 3.64. The Balaban J connectivity index is 1.72. The number of carboxylic acid groups (broad SMARTS) is 1. The number of carbonyl (C=O) groups is 1. The van der Waals surface area contributed by atoms with Crippen LogP contribution in [0, 0.1) is 11.7 Å². The van der Waals surface area contributed by atoms with Gasteiger partial charge in [0.05, 0.1) is 11.2 Å². The summed E-state index contributed by atoms with van der Waals surface area (Å²) in [5, 5.41) is 9.28. The fraction of sp³-hybridized carbons (Fsp3) is 0.632. The van der Waals surface area contributed by atoms with Crippen LogP contribution in [0.2, 0.25) is 0 Å². The van der Waals surface area contributed by atoms with Gasteiger partial charge in [0, 0.05) is 13.1 Å². The number of hydrogen-bond acceptors (Lipinski definition) is 3. The molecule has 1 saturated carbocycles. The number of nitrogens with zero attached hydrogens (tertiary/aromatic N) is 1. The summed E-state index contributed by atoms with van der Waals surface area (Å²) in [7, 11) is -3.28. The lowest BCUT2D eigenvalue weighted by Gasteiger charge is -2.37. The molecule has 1 heterocycles. The van der Waals surface area contributed by atoms with Gasteiger partial charge >= 0.3 is 5.97 Å². The van der Waals surface area contributed by atoms with Crippen molar-refractivity contribution in [1.82, 2.24) is 4.31 Å². The first kappa shape index (κ1) is 19.3. The molecule has 3 rings (SSSR count). The van der Waals surface area contributed by atoms with E-state index in [9.17, 15) is 22.7 Å². The maximum absolute atomic E-state index is 13.2. The minimum absolute atomic E-state index is 0.0258. The maximum Gasteiger partial charge on any atom is 0.303 e. The van der Waals surface area contributed by atoms with E-state index in [2.05, 4.69) is 0 Å². The number of hydrogen-bond donors (Lipinski definition) is 1. The third-order valence-electron chi connectivity index (χ3n) is 6.10. The van der Waals surface area contributed by atoms with Gasteiger partial charge in [0.25, 0.3) is 0 Å². The Morgan fingerprint density at radius 2 is 1.85 bits per heavy atom. The minimum atomic E-state index is -3.28. The summed E-state index contributed by atoms with van der Waals surface area (Å²) in [6.45, 7) is 2.80. The molecule has 0 bridgehead atoms. The molecule has 0 spiro atoms. The van der Waals surface area contributed by atoms with Crippen LogP contribution < -0.4 is 0 Å². The summed E-state index contributed by atoms with van der Waals surface area (Å²) < 4.78 is 39.9. The first-order chi connectivity index (χ1) is 12.3. The zero-order valence-electron chi connectivity index (χ0n) is 15.0. The van der Waals surface area contributed by atoms with E-state index in [-0.39, 0.29) is 24.1 Å². The van der Waals surface area contributed by atoms with E-state index < -0.39 is 20.7 Å². The van der Waals surface area contributed by atoms with E-state index in [1.807, 2.05) is 6.92 Å². The number of piperidine rings is 1. The number of carboxylic acids is 1. The van der Waals surface area contributed by atoms with Crippen LogP contribution in [0.1, 0.15) is 56.9 Å². The predicted octanol–water partition coefficient (Wildman–Crippen LogP) is 3.37. The summed E-state index contributed by atoms with van der Waals surface area (Å²) in [5.74, 6) is -1.38. The lowest BCUT2D eigenvalue weighted by Crippen LogP contribution is -2.45. The van der Waals surface area contributed by atoms with E-state index >= 15 is 0 Å². The van der Waals surface area contributed by atoms with E-state index in [0.717, 1.165) is 18.4 Å². The fourth-order valence-electron chi connectivity index (χ4n) is 4.18. The summed E-state index contributed by atoms with van der Waals surface area (Å²) in [5.41, 5.74) is 0.808. The third-order valence-corrected chi connectivity index (χ3v) is 8.94. The molecule has 0 aromatic heterocycles. The molecule has 1 aromatic rings. The van der Waals surface area contributed by atoms with Crippen molar-refractivity contribution in [2.75, 3.05) is 13.1 Å². The van der Waals surface area contributed by atoms with Crippen LogP contribution in [0.25, 0.3) is 0 Å². The topological polar surface area (TPSA) is 74.7 Å². The average Bonchev–Trinajstić information content (AvgIpc) is 3.42. The molecule has 26 heavy (non-hydrogen) atoms. The zero-order chi connectivity index (χ0) is 18.9. The monoisotopic (exact) mass is 383 g/mol. The second-order valence-corrected chi connectivity index (χ2v) is 9.87. The van der Waals surface area contributed by atoms with Crippen molar-refractivity contribution in [1.29, 1.82) is 0 Å². The van der Waals surface area contributed by atoms with Crippen LogP contribution in [0.5, 0.6) is 0 Å². The molecule has 1 saturated heterocycles. The van der Waals surface area contributed by atoms with E-state index in [0.29, 0.717) is 32.4 Å². The summed E-state index contributed by atoms with van der Waals surface area (Å²) >= 11 is 0. The number of halogens is 1. The lowest BCUT2D eigenvalue weighted by molar-refractivity contribution is -0.137. The molecule has 1 unspecified atom stereocenters. The highest BCUT2D eigenvalue weighted by Crippen LogP contribution is 2.49. The van der Waals surface area contributed by atoms with Crippen LogP contribution >= 0.6 is 0 Å². The minimum Gasteiger partial charge on any atom is -0.481 e. The molecule has 7 heteroatoms. The van der Waals surface area contributed by atoms with Crippen LogP contribution in [0.3, 0.4) is 0 Å². The van der Waals surface area contributed by atoms with Gasteiger partial charge in [0.1, 0.15) is 5.82 Å². The van der Waals surface area contributed by atoms with E-state index in [1.165, 1.54) is 12.1 Å². The average molecular weight is 383 g/mol. The first-order valence-electron chi connectivity index (χ1n) is 9.26. The molecule has 1 aliphatic carbocycles. The van der Waals surface area contributed by atoms with E-state index in [4.69, 9.17) is 0 Å². The van der Waals surface area contributed by atoms with Gasteiger partial charge in [0.2, 0.25) is 10.0 Å². The van der Waals surface area contributed by atoms with E-state index in [1.54, 1.807) is 16.4 Å². The molecule has 2 fully saturated rings. The van der Waals surface area contributed by atoms with Crippen molar-refractivity contribution in [3.63, 3.8) is 0 Å². The molecule has 1 N–H and O–H groups in total. The van der Waals surface area contributed by atoms with Crippen molar-refractivity contribution in [3.05, 3.63) is 35.6 Å². The fourth-order valence-corrected chi connectivity index (χ4v) is 6.40. The summed E-state index contributed by atoms with van der Waals surface area (Å²) in [4.78, 5) is 11.3. The maximum atomic E-state index is 13.2. The van der Waals surface area contributed by atoms with Crippen molar-refractivity contribution in [2.24, 2.45) is 5.92 Å². The Hall–Kier alpha value is -1.47. The molecular weight excluding hydrogens is 357 g/mol. The summed E-state index contributed by atoms with van der Waals surface area (Å²) in [6.07, 6.45) is 3.36. The van der Waals surface area contributed by atoms with Crippen molar-refractivity contribution >= 4 is 16.0 Å². The molecule has 2 aliphatic rings. The second-order valence-electron chi connectivity index (χ2n) is 7.53. The number of aliphatic carboxylic acids is 1. The highest BCUT2D eigenvalue weighted by atomic mass is 32.2. The molecule has 1 atom stereocenters. The SMILES string of the molecule is CCC1(S(=O)(=O)N2CCC(C(CC(=O)O)c3ccc(F)cc3)CC2)CC1. The van der Waals surface area contributed by atoms with Gasteiger partial charge in [0.15, 0.2) is 0 Å². The number of rotatable bonds is 7. The summed E-state index contributed by atoms with van der Waals surface area (Å²) in [6, 6.07) is 5.98. The Kier molecular flexibility index (Phi) is 5.40. The Bertz CT molecular complexity index is 750. The van der Waals surface area contributed by atoms with Crippen LogP contribution in [0.4, 0.5) is 4.39 Å². The molecule has 144 valence electrons. The predicted molar refractivity (Wildman–Crippen MR) is 96.9 cm³/mol. The molecule has 1 aliphatic heterocycles. The Labute approximate surface area is 154 Å². The number of sulfonamides is 1. The molecular formula is C19H26FNO4S. The Morgan fingerprint density at radius 1 is 1.27 bits per heavy atom. The molecule has 0 amide bonds. The van der Waals surface area contributed by atoms with Gasteiger partial charge in [-0.2, -0.15) is 0 Å². The Morgan fingerprint density at radius 3 is 2.31 bits per heavy atom. The standard InChI is InChI=1S/C19H26FNO4S/c1-2-19(9-10-19)26(24,25)21-11-7-15(8-12-21)17(13-18(22)23)14-3-5-16(20)6-4-14/h3-6,15,17H,2,7-13H2,1H3,(H,22,23). The van der Waals surface area contributed by atoms with Crippen LogP contribution in [-0.2, 0) is 14.8 Å². The molecule has 1 aromatic carbocycles.